The van der Waals surface area contributed by atoms with Crippen LogP contribution >= 0.6 is 11.3 Å². The van der Waals surface area contributed by atoms with Gasteiger partial charge in [0.15, 0.2) is 5.13 Å². The second-order valence-corrected chi connectivity index (χ2v) is 5.66. The van der Waals surface area contributed by atoms with E-state index in [2.05, 4.69) is 34.1 Å². The van der Waals surface area contributed by atoms with Crippen LogP contribution < -0.4 is 4.90 Å². The number of hydrogen-bond acceptors (Lipinski definition) is 4. The fourth-order valence-corrected chi connectivity index (χ4v) is 3.48. The molecule has 3 rings (SSSR count). The molecule has 2 aromatic rings. The van der Waals surface area contributed by atoms with E-state index in [0.717, 1.165) is 28.7 Å². The Morgan fingerprint density at radius 3 is 2.89 bits per heavy atom. The van der Waals surface area contributed by atoms with Gasteiger partial charge in [0.2, 0.25) is 0 Å². The Morgan fingerprint density at radius 2 is 2.17 bits per heavy atom. The average molecular weight is 260 g/mol. The van der Waals surface area contributed by atoms with Crippen LogP contribution in [0.4, 0.5) is 10.8 Å². The lowest BCUT2D eigenvalue weighted by Gasteiger charge is -2.15. The number of nitrogens with zero attached hydrogens (tertiary/aromatic N) is 2. The summed E-state index contributed by atoms with van der Waals surface area (Å²) in [6.07, 6.45) is 0.632. The van der Waals surface area contributed by atoms with Crippen LogP contribution in [-0.2, 0) is 6.42 Å². The van der Waals surface area contributed by atoms with Crippen LogP contribution in [0.3, 0.4) is 0 Å². The zero-order chi connectivity index (χ0) is 12.7. The molecule has 1 aromatic heterocycles. The average Bonchev–Trinajstić information content (AvgIpc) is 2.92. The molecule has 0 saturated carbocycles. The maximum Gasteiger partial charge on any atom is 0.190 e. The summed E-state index contributed by atoms with van der Waals surface area (Å²) in [4.78, 5) is 7.81. The highest BCUT2D eigenvalue weighted by atomic mass is 32.1. The maximum absolute atomic E-state index is 9.71. The molecule has 94 valence electrons. The van der Waals surface area contributed by atoms with Gasteiger partial charge < -0.3 is 10.0 Å². The minimum Gasteiger partial charge on any atom is -0.388 e. The first-order valence-corrected chi connectivity index (χ1v) is 6.99. The molecule has 0 radical (unpaired) electrons. The second-order valence-electron chi connectivity index (χ2n) is 4.65. The SMILES string of the molecule is Cc1nc(N2CCc3ccccc32)sc1C(C)O. The highest BCUT2D eigenvalue weighted by molar-refractivity contribution is 7.15. The monoisotopic (exact) mass is 260 g/mol. The molecule has 2 heterocycles. The van der Waals surface area contributed by atoms with Crippen molar-refractivity contribution < 1.29 is 5.11 Å². The summed E-state index contributed by atoms with van der Waals surface area (Å²) in [7, 11) is 0. The number of fused-ring (bicyclic) bond motifs is 1. The molecule has 18 heavy (non-hydrogen) atoms. The van der Waals surface area contributed by atoms with E-state index in [1.807, 2.05) is 6.92 Å². The van der Waals surface area contributed by atoms with E-state index >= 15 is 0 Å². The minimum absolute atomic E-state index is 0.436. The van der Waals surface area contributed by atoms with Gasteiger partial charge in [-0.3, -0.25) is 0 Å². The van der Waals surface area contributed by atoms with Gasteiger partial charge in [0.1, 0.15) is 0 Å². The third-order valence-electron chi connectivity index (χ3n) is 3.32. The molecule has 0 spiro atoms. The highest BCUT2D eigenvalue weighted by Gasteiger charge is 2.23. The molecule has 0 aliphatic carbocycles. The van der Waals surface area contributed by atoms with E-state index in [-0.39, 0.29) is 0 Å². The fourth-order valence-electron chi connectivity index (χ4n) is 2.43. The number of thiazole rings is 1. The van der Waals surface area contributed by atoms with Crippen molar-refractivity contribution in [3.63, 3.8) is 0 Å². The summed E-state index contributed by atoms with van der Waals surface area (Å²) >= 11 is 1.59. The standard InChI is InChI=1S/C14H16N2OS/c1-9-13(10(2)17)18-14(15-9)16-8-7-11-5-3-4-6-12(11)16/h3-6,10,17H,7-8H2,1-2H3. The normalized spacial score (nSPS) is 15.8. The number of anilines is 2. The van der Waals surface area contributed by atoms with Crippen molar-refractivity contribution in [2.45, 2.75) is 26.4 Å². The second kappa shape index (κ2) is 4.37. The molecule has 4 heteroatoms. The van der Waals surface area contributed by atoms with Gasteiger partial charge in [0, 0.05) is 12.2 Å². The number of rotatable bonds is 2. The predicted octanol–water partition coefficient (Wildman–Crippen LogP) is 3.20. The van der Waals surface area contributed by atoms with Crippen LogP contribution in [0, 0.1) is 6.92 Å². The van der Waals surface area contributed by atoms with Gasteiger partial charge in [-0.25, -0.2) is 4.98 Å². The fraction of sp³-hybridized carbons (Fsp3) is 0.357. The molecule has 1 aliphatic rings. The van der Waals surface area contributed by atoms with Crippen molar-refractivity contribution in [1.82, 2.24) is 4.98 Å². The molecule has 1 aliphatic heterocycles. The van der Waals surface area contributed by atoms with E-state index in [1.165, 1.54) is 11.3 Å². The number of para-hydroxylation sites is 1. The number of aromatic nitrogens is 1. The molecule has 1 atom stereocenters. The van der Waals surface area contributed by atoms with Crippen LogP contribution in [0.1, 0.15) is 29.2 Å². The molecule has 1 unspecified atom stereocenters. The number of aryl methyl sites for hydroxylation is 1. The predicted molar refractivity (Wildman–Crippen MR) is 74.6 cm³/mol. The Kier molecular flexibility index (Phi) is 2.84. The third-order valence-corrected chi connectivity index (χ3v) is 4.67. The Bertz CT molecular complexity index is 577. The number of hydrogen-bond donors (Lipinski definition) is 1. The van der Waals surface area contributed by atoms with E-state index in [4.69, 9.17) is 0 Å². The van der Waals surface area contributed by atoms with Gasteiger partial charge in [-0.2, -0.15) is 0 Å². The van der Waals surface area contributed by atoms with Crippen molar-refractivity contribution in [2.24, 2.45) is 0 Å². The molecular formula is C14H16N2OS. The summed E-state index contributed by atoms with van der Waals surface area (Å²) in [5.74, 6) is 0. The molecule has 0 bridgehead atoms. The van der Waals surface area contributed by atoms with Crippen LogP contribution in [0.25, 0.3) is 0 Å². The Labute approximate surface area is 111 Å². The summed E-state index contributed by atoms with van der Waals surface area (Å²) in [6.45, 7) is 4.73. The lowest BCUT2D eigenvalue weighted by molar-refractivity contribution is 0.202. The van der Waals surface area contributed by atoms with Crippen LogP contribution in [0.2, 0.25) is 0 Å². The Balaban J connectivity index is 2.00. The first-order valence-electron chi connectivity index (χ1n) is 6.17. The molecule has 0 amide bonds. The van der Waals surface area contributed by atoms with Gasteiger partial charge in [-0.15, -0.1) is 0 Å². The van der Waals surface area contributed by atoms with Gasteiger partial charge in [0.05, 0.1) is 16.7 Å². The van der Waals surface area contributed by atoms with E-state index in [1.54, 1.807) is 18.3 Å². The zero-order valence-corrected chi connectivity index (χ0v) is 11.4. The van der Waals surface area contributed by atoms with Gasteiger partial charge in [-0.05, 0) is 31.9 Å². The van der Waals surface area contributed by atoms with Gasteiger partial charge in [-0.1, -0.05) is 29.5 Å². The van der Waals surface area contributed by atoms with Crippen molar-refractivity contribution in [1.29, 1.82) is 0 Å². The molecule has 1 N–H and O–H groups in total. The van der Waals surface area contributed by atoms with Crippen molar-refractivity contribution in [3.05, 3.63) is 40.4 Å². The van der Waals surface area contributed by atoms with Gasteiger partial charge in [0.25, 0.3) is 0 Å². The smallest absolute Gasteiger partial charge is 0.190 e. The Hall–Kier alpha value is -1.39. The molecule has 0 fully saturated rings. The topological polar surface area (TPSA) is 36.4 Å². The van der Waals surface area contributed by atoms with Crippen molar-refractivity contribution in [2.75, 3.05) is 11.4 Å². The summed E-state index contributed by atoms with van der Waals surface area (Å²) in [5.41, 5.74) is 3.57. The van der Waals surface area contributed by atoms with Crippen molar-refractivity contribution in [3.8, 4) is 0 Å². The Morgan fingerprint density at radius 1 is 1.39 bits per heavy atom. The molecule has 3 nitrogen and oxygen atoms in total. The lowest BCUT2D eigenvalue weighted by atomic mass is 10.2. The van der Waals surface area contributed by atoms with E-state index in [9.17, 15) is 5.11 Å². The third kappa shape index (κ3) is 1.82. The van der Waals surface area contributed by atoms with Crippen molar-refractivity contribution >= 4 is 22.2 Å². The molecule has 0 saturated heterocycles. The van der Waals surface area contributed by atoms with Crippen LogP contribution in [-0.4, -0.2) is 16.6 Å². The zero-order valence-electron chi connectivity index (χ0n) is 10.6. The minimum atomic E-state index is -0.436. The number of aliphatic hydroxyl groups is 1. The van der Waals surface area contributed by atoms with E-state index < -0.39 is 6.10 Å². The molecule has 1 aromatic carbocycles. The summed E-state index contributed by atoms with van der Waals surface area (Å²) in [5, 5.41) is 10.7. The maximum atomic E-state index is 9.71. The quantitative estimate of drug-likeness (QED) is 0.900. The number of benzene rings is 1. The first kappa shape index (κ1) is 11.7. The lowest BCUT2D eigenvalue weighted by Crippen LogP contribution is -2.12. The van der Waals surface area contributed by atoms with E-state index in [0.29, 0.717) is 0 Å². The number of aliphatic hydroxyl groups excluding tert-OH is 1. The first-order chi connectivity index (χ1) is 8.66. The van der Waals surface area contributed by atoms with Crippen LogP contribution in [0.5, 0.6) is 0 Å². The molecular weight excluding hydrogens is 244 g/mol. The summed E-state index contributed by atoms with van der Waals surface area (Å²) in [6, 6.07) is 8.45. The van der Waals surface area contributed by atoms with Crippen LogP contribution in [0.15, 0.2) is 24.3 Å². The summed E-state index contributed by atoms with van der Waals surface area (Å²) < 4.78 is 0. The highest BCUT2D eigenvalue weighted by Crippen LogP contribution is 2.38. The largest absolute Gasteiger partial charge is 0.388 e. The van der Waals surface area contributed by atoms with Gasteiger partial charge >= 0.3 is 0 Å².